The number of carbonyl (C=O) groups is 2. The van der Waals surface area contributed by atoms with Gasteiger partial charge in [0.2, 0.25) is 11.8 Å². The van der Waals surface area contributed by atoms with Crippen molar-refractivity contribution in [3.8, 4) is 0 Å². The second-order valence-electron chi connectivity index (χ2n) is 7.46. The van der Waals surface area contributed by atoms with Crippen LogP contribution < -0.4 is 5.32 Å². The second-order valence-corrected chi connectivity index (χ2v) is 7.90. The first kappa shape index (κ1) is 18.1. The maximum Gasteiger partial charge on any atom is 0.238 e. The molecule has 4 rings (SSSR count). The van der Waals surface area contributed by atoms with E-state index in [0.717, 1.165) is 12.0 Å². The van der Waals surface area contributed by atoms with Crippen LogP contribution in [-0.4, -0.2) is 29.8 Å². The number of hydrogen-bond donors (Lipinski definition) is 1. The van der Waals surface area contributed by atoms with Crippen molar-refractivity contribution in [3.63, 3.8) is 0 Å². The fraction of sp³-hybridized carbons (Fsp3) is 0.364. The van der Waals surface area contributed by atoms with Gasteiger partial charge in [-0.1, -0.05) is 48.0 Å². The minimum Gasteiger partial charge on any atom is -0.355 e. The predicted molar refractivity (Wildman–Crippen MR) is 105 cm³/mol. The molecule has 0 spiro atoms. The quantitative estimate of drug-likeness (QED) is 0.806. The number of nitrogens with one attached hydrogen (secondary N) is 1. The molecule has 1 aliphatic heterocycles. The van der Waals surface area contributed by atoms with Gasteiger partial charge in [0.15, 0.2) is 0 Å². The SMILES string of the molecule is O=C(NCCc1cccc(Cl)c1)C1(C(=O)N2CCc3ccccc3C2)CC1. The maximum absolute atomic E-state index is 13.1. The van der Waals surface area contributed by atoms with Crippen LogP contribution >= 0.6 is 11.6 Å². The first-order valence-corrected chi connectivity index (χ1v) is 9.85. The highest BCUT2D eigenvalue weighted by Crippen LogP contribution is 2.48. The molecule has 2 aromatic rings. The number of amides is 2. The summed E-state index contributed by atoms with van der Waals surface area (Å²) in [4.78, 5) is 27.6. The lowest BCUT2D eigenvalue weighted by molar-refractivity contribution is -0.145. The smallest absolute Gasteiger partial charge is 0.238 e. The van der Waals surface area contributed by atoms with E-state index in [1.54, 1.807) is 0 Å². The van der Waals surface area contributed by atoms with Crippen LogP contribution in [0.25, 0.3) is 0 Å². The van der Waals surface area contributed by atoms with E-state index in [9.17, 15) is 9.59 Å². The largest absolute Gasteiger partial charge is 0.355 e. The molecule has 27 heavy (non-hydrogen) atoms. The van der Waals surface area contributed by atoms with Crippen molar-refractivity contribution < 1.29 is 9.59 Å². The molecule has 1 heterocycles. The van der Waals surface area contributed by atoms with Crippen LogP contribution in [-0.2, 0) is 29.0 Å². The Morgan fingerprint density at radius 2 is 1.85 bits per heavy atom. The molecule has 1 aliphatic carbocycles. The van der Waals surface area contributed by atoms with E-state index in [1.165, 1.54) is 11.1 Å². The number of hydrogen-bond acceptors (Lipinski definition) is 2. The minimum atomic E-state index is -0.847. The van der Waals surface area contributed by atoms with Crippen molar-refractivity contribution in [2.24, 2.45) is 5.41 Å². The van der Waals surface area contributed by atoms with E-state index in [-0.39, 0.29) is 11.8 Å². The van der Waals surface area contributed by atoms with Crippen LogP contribution in [0.2, 0.25) is 5.02 Å². The third-order valence-corrected chi connectivity index (χ3v) is 5.84. The first-order chi connectivity index (χ1) is 13.1. The van der Waals surface area contributed by atoms with E-state index in [2.05, 4.69) is 17.4 Å². The molecule has 0 aromatic heterocycles. The Morgan fingerprint density at radius 1 is 1.07 bits per heavy atom. The van der Waals surface area contributed by atoms with Crippen LogP contribution in [0.5, 0.6) is 0 Å². The molecule has 1 fully saturated rings. The average molecular weight is 383 g/mol. The number of nitrogens with zero attached hydrogens (tertiary/aromatic N) is 1. The molecule has 1 N–H and O–H groups in total. The van der Waals surface area contributed by atoms with E-state index in [4.69, 9.17) is 11.6 Å². The van der Waals surface area contributed by atoms with Crippen molar-refractivity contribution >= 4 is 23.4 Å². The lowest BCUT2D eigenvalue weighted by Gasteiger charge is -2.31. The average Bonchev–Trinajstić information content (AvgIpc) is 3.49. The van der Waals surface area contributed by atoms with Crippen molar-refractivity contribution in [1.82, 2.24) is 10.2 Å². The summed E-state index contributed by atoms with van der Waals surface area (Å²) in [6.07, 6.45) is 2.85. The summed E-state index contributed by atoms with van der Waals surface area (Å²) in [6.45, 7) is 1.80. The summed E-state index contributed by atoms with van der Waals surface area (Å²) in [7, 11) is 0. The van der Waals surface area contributed by atoms with Crippen LogP contribution in [0.1, 0.15) is 29.5 Å². The van der Waals surface area contributed by atoms with E-state index < -0.39 is 5.41 Å². The number of halogens is 1. The Morgan fingerprint density at radius 3 is 2.59 bits per heavy atom. The molecular weight excluding hydrogens is 360 g/mol. The fourth-order valence-electron chi connectivity index (χ4n) is 3.82. The van der Waals surface area contributed by atoms with Gasteiger partial charge in [-0.3, -0.25) is 9.59 Å². The Labute approximate surface area is 164 Å². The zero-order chi connectivity index (χ0) is 18.9. The molecule has 4 nitrogen and oxygen atoms in total. The summed E-state index contributed by atoms with van der Waals surface area (Å²) in [5.74, 6) is -0.148. The van der Waals surface area contributed by atoms with Gasteiger partial charge in [-0.2, -0.15) is 0 Å². The van der Waals surface area contributed by atoms with Crippen LogP contribution in [0.15, 0.2) is 48.5 Å². The van der Waals surface area contributed by atoms with Gasteiger partial charge in [-0.05, 0) is 54.5 Å². The molecule has 0 atom stereocenters. The van der Waals surface area contributed by atoms with Gasteiger partial charge in [0.25, 0.3) is 0 Å². The molecule has 0 unspecified atom stereocenters. The molecule has 2 amide bonds. The van der Waals surface area contributed by atoms with Crippen LogP contribution in [0.4, 0.5) is 0 Å². The Hall–Kier alpha value is -2.33. The zero-order valence-corrected chi connectivity index (χ0v) is 16.0. The maximum atomic E-state index is 13.1. The van der Waals surface area contributed by atoms with Crippen molar-refractivity contribution in [2.45, 2.75) is 32.2 Å². The molecular formula is C22H23ClN2O2. The summed E-state index contributed by atoms with van der Waals surface area (Å²) < 4.78 is 0. The monoisotopic (exact) mass is 382 g/mol. The number of rotatable bonds is 5. The number of fused-ring (bicyclic) bond motifs is 1. The summed E-state index contributed by atoms with van der Waals surface area (Å²) in [5.41, 5.74) is 2.72. The van der Waals surface area contributed by atoms with Gasteiger partial charge >= 0.3 is 0 Å². The highest BCUT2D eigenvalue weighted by Gasteiger charge is 2.58. The Bertz CT molecular complexity index is 876. The topological polar surface area (TPSA) is 49.4 Å². The standard InChI is InChI=1S/C22H23ClN2O2/c23-19-7-3-4-16(14-19)8-12-24-20(26)22(10-11-22)21(27)25-13-9-17-5-1-2-6-18(17)15-25/h1-7,14H,8-13,15H2,(H,24,26). The van der Waals surface area contributed by atoms with Crippen molar-refractivity contribution in [2.75, 3.05) is 13.1 Å². The van der Waals surface area contributed by atoms with E-state index >= 15 is 0 Å². The molecule has 0 radical (unpaired) electrons. The van der Waals surface area contributed by atoms with Crippen LogP contribution in [0, 0.1) is 5.41 Å². The van der Waals surface area contributed by atoms with Crippen LogP contribution in [0.3, 0.4) is 0 Å². The first-order valence-electron chi connectivity index (χ1n) is 9.47. The van der Waals surface area contributed by atoms with Crippen molar-refractivity contribution in [1.29, 1.82) is 0 Å². The molecule has 2 aliphatic rings. The highest BCUT2D eigenvalue weighted by atomic mass is 35.5. The van der Waals surface area contributed by atoms with Gasteiger partial charge < -0.3 is 10.2 Å². The Balaban J connectivity index is 1.35. The van der Waals surface area contributed by atoms with Gasteiger partial charge in [0.1, 0.15) is 5.41 Å². The Kier molecular flexibility index (Phi) is 4.92. The lowest BCUT2D eigenvalue weighted by Crippen LogP contribution is -2.47. The molecule has 0 bridgehead atoms. The normalized spacial score (nSPS) is 17.1. The summed E-state index contributed by atoms with van der Waals surface area (Å²) >= 11 is 5.99. The van der Waals surface area contributed by atoms with Gasteiger partial charge in [-0.25, -0.2) is 0 Å². The minimum absolute atomic E-state index is 0.0164. The predicted octanol–water partition coefficient (Wildman–Crippen LogP) is 3.36. The summed E-state index contributed by atoms with van der Waals surface area (Å²) in [6, 6.07) is 15.8. The van der Waals surface area contributed by atoms with Gasteiger partial charge in [0.05, 0.1) is 0 Å². The third-order valence-electron chi connectivity index (χ3n) is 5.60. The molecule has 2 aromatic carbocycles. The van der Waals surface area contributed by atoms with E-state index in [1.807, 2.05) is 41.3 Å². The second kappa shape index (κ2) is 7.35. The lowest BCUT2D eigenvalue weighted by atomic mass is 9.97. The van der Waals surface area contributed by atoms with Gasteiger partial charge in [0, 0.05) is 24.7 Å². The third kappa shape index (κ3) is 3.72. The number of carbonyl (C=O) groups excluding carboxylic acids is 2. The highest BCUT2D eigenvalue weighted by molar-refractivity contribution is 6.30. The summed E-state index contributed by atoms with van der Waals surface area (Å²) in [5, 5.41) is 3.66. The molecule has 5 heteroatoms. The van der Waals surface area contributed by atoms with Gasteiger partial charge in [-0.15, -0.1) is 0 Å². The fourth-order valence-corrected chi connectivity index (χ4v) is 4.03. The van der Waals surface area contributed by atoms with E-state index in [0.29, 0.717) is 43.9 Å². The zero-order valence-electron chi connectivity index (χ0n) is 15.2. The van der Waals surface area contributed by atoms with Crippen molar-refractivity contribution in [3.05, 3.63) is 70.2 Å². The molecule has 0 saturated heterocycles. The molecule has 140 valence electrons. The number of benzene rings is 2. The molecule has 1 saturated carbocycles.